The maximum atomic E-state index is 11.9. The van der Waals surface area contributed by atoms with Crippen molar-refractivity contribution < 1.29 is 18.7 Å². The molecule has 5 heteroatoms. The van der Waals surface area contributed by atoms with Gasteiger partial charge in [0, 0.05) is 16.5 Å². The zero-order chi connectivity index (χ0) is 17.2. The fourth-order valence-electron chi connectivity index (χ4n) is 2.28. The molecule has 1 aromatic carbocycles. The Kier molecular flexibility index (Phi) is 4.78. The Hall–Kier alpha value is -2.30. The highest BCUT2D eigenvalue weighted by Gasteiger charge is 2.17. The van der Waals surface area contributed by atoms with Gasteiger partial charge in [-0.1, -0.05) is 0 Å². The second-order valence-electron chi connectivity index (χ2n) is 6.83. The Balaban J connectivity index is 1.98. The molecule has 0 aliphatic rings. The minimum Gasteiger partial charge on any atom is -0.464 e. The predicted molar refractivity (Wildman–Crippen MR) is 88.2 cm³/mol. The molecule has 5 nitrogen and oxygen atoms in total. The summed E-state index contributed by atoms with van der Waals surface area (Å²) in [5, 5.41) is 3.65. The fourth-order valence-corrected chi connectivity index (χ4v) is 2.28. The maximum Gasteiger partial charge on any atom is 0.310 e. The second-order valence-corrected chi connectivity index (χ2v) is 6.83. The number of carbonyl (C=O) groups is 2. The summed E-state index contributed by atoms with van der Waals surface area (Å²) in [5.74, 6) is -0.760. The average molecular weight is 317 g/mol. The van der Waals surface area contributed by atoms with E-state index in [0.29, 0.717) is 0 Å². The van der Waals surface area contributed by atoms with E-state index >= 15 is 0 Å². The first-order valence-corrected chi connectivity index (χ1v) is 7.59. The van der Waals surface area contributed by atoms with Crippen LogP contribution in [-0.2, 0) is 20.7 Å². The van der Waals surface area contributed by atoms with Crippen LogP contribution in [0.1, 0.15) is 37.5 Å². The molecule has 0 unspecified atom stereocenters. The van der Waals surface area contributed by atoms with Crippen LogP contribution in [0.25, 0.3) is 11.0 Å². The van der Waals surface area contributed by atoms with Crippen molar-refractivity contribution in [3.63, 3.8) is 0 Å². The monoisotopic (exact) mass is 317 g/mol. The molecule has 0 fully saturated rings. The van der Waals surface area contributed by atoms with Crippen molar-refractivity contribution in [1.29, 1.82) is 0 Å². The highest BCUT2D eigenvalue weighted by atomic mass is 16.5. The largest absolute Gasteiger partial charge is 0.464 e. The smallest absolute Gasteiger partial charge is 0.310 e. The normalized spacial score (nSPS) is 11.5. The van der Waals surface area contributed by atoms with Gasteiger partial charge in [-0.2, -0.15) is 0 Å². The van der Waals surface area contributed by atoms with Gasteiger partial charge in [0.2, 0.25) is 0 Å². The first kappa shape index (κ1) is 17.1. The second kappa shape index (κ2) is 6.44. The number of fused-ring (bicyclic) bond motifs is 1. The number of amides is 1. The van der Waals surface area contributed by atoms with Crippen LogP contribution in [0.15, 0.2) is 22.8 Å². The summed E-state index contributed by atoms with van der Waals surface area (Å²) in [5.41, 5.74) is 3.45. The van der Waals surface area contributed by atoms with E-state index in [2.05, 4.69) is 5.32 Å². The molecule has 0 radical (unpaired) electrons. The van der Waals surface area contributed by atoms with Gasteiger partial charge in [0.15, 0.2) is 6.61 Å². The van der Waals surface area contributed by atoms with Crippen molar-refractivity contribution in [3.05, 3.63) is 35.1 Å². The Bertz CT molecular complexity index is 737. The van der Waals surface area contributed by atoms with E-state index in [4.69, 9.17) is 9.15 Å². The zero-order valence-corrected chi connectivity index (χ0v) is 14.3. The van der Waals surface area contributed by atoms with Crippen molar-refractivity contribution in [2.45, 2.75) is 46.6 Å². The first-order chi connectivity index (χ1) is 10.7. The SMILES string of the molecule is Cc1cc2occ(CC(=O)OCC(=O)NC(C)(C)C)c2cc1C. The van der Waals surface area contributed by atoms with Crippen LogP contribution in [0, 0.1) is 13.8 Å². The number of ether oxygens (including phenoxy) is 1. The van der Waals surface area contributed by atoms with Gasteiger partial charge in [-0.15, -0.1) is 0 Å². The fraction of sp³-hybridized carbons (Fsp3) is 0.444. The van der Waals surface area contributed by atoms with Gasteiger partial charge in [-0.25, -0.2) is 0 Å². The lowest BCUT2D eigenvalue weighted by molar-refractivity contribution is -0.148. The van der Waals surface area contributed by atoms with Gasteiger partial charge < -0.3 is 14.5 Å². The molecule has 1 amide bonds. The number of hydrogen-bond acceptors (Lipinski definition) is 4. The molecule has 0 bridgehead atoms. The third-order valence-electron chi connectivity index (χ3n) is 3.48. The van der Waals surface area contributed by atoms with E-state index in [9.17, 15) is 9.59 Å². The molecule has 0 spiro atoms. The van der Waals surface area contributed by atoms with Crippen LogP contribution >= 0.6 is 0 Å². The van der Waals surface area contributed by atoms with Gasteiger partial charge in [-0.05, 0) is 57.9 Å². The molecule has 0 aliphatic carbocycles. The third-order valence-corrected chi connectivity index (χ3v) is 3.48. The molecule has 124 valence electrons. The number of benzene rings is 1. The first-order valence-electron chi connectivity index (χ1n) is 7.59. The van der Waals surface area contributed by atoms with Crippen LogP contribution in [-0.4, -0.2) is 24.0 Å². The lowest BCUT2D eigenvalue weighted by Crippen LogP contribution is -2.42. The number of rotatable bonds is 4. The Morgan fingerprint density at radius 3 is 2.48 bits per heavy atom. The molecule has 0 saturated heterocycles. The van der Waals surface area contributed by atoms with E-state index in [1.807, 2.05) is 46.8 Å². The molecule has 2 aromatic rings. The number of carbonyl (C=O) groups excluding carboxylic acids is 2. The molecule has 0 atom stereocenters. The van der Waals surface area contributed by atoms with Crippen molar-refractivity contribution in [2.75, 3.05) is 6.61 Å². The van der Waals surface area contributed by atoms with Gasteiger partial charge >= 0.3 is 5.97 Å². The summed E-state index contributed by atoms with van der Waals surface area (Å²) in [4.78, 5) is 23.6. The molecule has 0 aliphatic heterocycles. The molecule has 1 N–H and O–H groups in total. The molecule has 1 aromatic heterocycles. The quantitative estimate of drug-likeness (QED) is 0.880. The highest BCUT2D eigenvalue weighted by molar-refractivity contribution is 5.87. The summed E-state index contributed by atoms with van der Waals surface area (Å²) in [6, 6.07) is 3.96. The van der Waals surface area contributed by atoms with Crippen LogP contribution in [0.4, 0.5) is 0 Å². The topological polar surface area (TPSA) is 68.5 Å². The van der Waals surface area contributed by atoms with Crippen molar-refractivity contribution in [2.24, 2.45) is 0 Å². The van der Waals surface area contributed by atoms with Crippen molar-refractivity contribution >= 4 is 22.8 Å². The number of esters is 1. The maximum absolute atomic E-state index is 11.9. The summed E-state index contributed by atoms with van der Waals surface area (Å²) in [6.07, 6.45) is 1.65. The van der Waals surface area contributed by atoms with Crippen LogP contribution < -0.4 is 5.32 Å². The zero-order valence-electron chi connectivity index (χ0n) is 14.3. The standard InChI is InChI=1S/C18H23NO4/c1-11-6-14-13(9-22-15(14)7-12(11)2)8-17(21)23-10-16(20)19-18(3,4)5/h6-7,9H,8,10H2,1-5H3,(H,19,20). The van der Waals surface area contributed by atoms with Crippen molar-refractivity contribution in [1.82, 2.24) is 5.32 Å². The summed E-state index contributed by atoms with van der Waals surface area (Å²) >= 11 is 0. The van der Waals surface area contributed by atoms with Gasteiger partial charge in [0.25, 0.3) is 5.91 Å². The lowest BCUT2D eigenvalue weighted by Gasteiger charge is -2.20. The summed E-state index contributed by atoms with van der Waals surface area (Å²) < 4.78 is 10.5. The highest BCUT2D eigenvalue weighted by Crippen LogP contribution is 2.25. The number of hydrogen-bond donors (Lipinski definition) is 1. The molecule has 2 rings (SSSR count). The Morgan fingerprint density at radius 1 is 1.17 bits per heavy atom. The molecular formula is C18H23NO4. The number of furan rings is 1. The van der Waals surface area contributed by atoms with Crippen LogP contribution in [0.2, 0.25) is 0 Å². The van der Waals surface area contributed by atoms with E-state index in [-0.39, 0.29) is 24.5 Å². The lowest BCUT2D eigenvalue weighted by atomic mass is 10.0. The minimum absolute atomic E-state index is 0.0816. The van der Waals surface area contributed by atoms with Gasteiger partial charge in [0.1, 0.15) is 5.58 Å². The van der Waals surface area contributed by atoms with E-state index < -0.39 is 5.97 Å². The third kappa shape index (κ3) is 4.58. The molecular weight excluding hydrogens is 294 g/mol. The molecule has 23 heavy (non-hydrogen) atoms. The van der Waals surface area contributed by atoms with E-state index in [0.717, 1.165) is 27.7 Å². The van der Waals surface area contributed by atoms with Gasteiger partial charge in [0.05, 0.1) is 12.7 Å². The average Bonchev–Trinajstić information content (AvgIpc) is 2.78. The minimum atomic E-state index is -0.449. The predicted octanol–water partition coefficient (Wildman–Crippen LogP) is 3.05. The Labute approximate surface area is 136 Å². The molecule has 0 saturated carbocycles. The summed E-state index contributed by atoms with van der Waals surface area (Å²) in [7, 11) is 0. The summed E-state index contributed by atoms with van der Waals surface area (Å²) in [6.45, 7) is 9.36. The molecule has 1 heterocycles. The van der Waals surface area contributed by atoms with E-state index in [1.165, 1.54) is 0 Å². The number of aryl methyl sites for hydroxylation is 2. The number of nitrogens with one attached hydrogen (secondary N) is 1. The van der Waals surface area contributed by atoms with E-state index in [1.54, 1.807) is 6.26 Å². The van der Waals surface area contributed by atoms with Crippen molar-refractivity contribution in [3.8, 4) is 0 Å². The van der Waals surface area contributed by atoms with Crippen LogP contribution in [0.5, 0.6) is 0 Å². The van der Waals surface area contributed by atoms with Crippen LogP contribution in [0.3, 0.4) is 0 Å². The Morgan fingerprint density at radius 2 is 1.83 bits per heavy atom. The van der Waals surface area contributed by atoms with Gasteiger partial charge in [-0.3, -0.25) is 9.59 Å².